The Morgan fingerprint density at radius 3 is 2.55 bits per heavy atom. The third-order valence-corrected chi connectivity index (χ3v) is 4.39. The Morgan fingerprint density at radius 2 is 1.60 bits per heavy atom. The van der Waals surface area contributed by atoms with Gasteiger partial charge in [-0.15, -0.1) is 0 Å². The molecule has 0 unspecified atom stereocenters. The van der Waals surface area contributed by atoms with Gasteiger partial charge in [0.15, 0.2) is 0 Å². The number of benzene rings is 3. The third-order valence-electron chi connectivity index (χ3n) is 4.39. The van der Waals surface area contributed by atoms with E-state index in [-0.39, 0.29) is 0 Å². The Kier molecular flexibility index (Phi) is 1.94. The van der Waals surface area contributed by atoms with Gasteiger partial charge >= 0.3 is 117 Å². The van der Waals surface area contributed by atoms with Crippen molar-refractivity contribution in [2.24, 2.45) is 0 Å². The second kappa shape index (κ2) is 3.67. The summed E-state index contributed by atoms with van der Waals surface area (Å²) >= 11 is 0. The van der Waals surface area contributed by atoms with E-state index in [0.29, 0.717) is 0 Å². The second-order valence-electron chi connectivity index (χ2n) is 5.48. The van der Waals surface area contributed by atoms with Crippen molar-refractivity contribution in [2.75, 3.05) is 0 Å². The number of hydrogen-bond acceptors (Lipinski definition) is 0. The van der Waals surface area contributed by atoms with Crippen LogP contribution in [0.2, 0.25) is 0 Å². The van der Waals surface area contributed by atoms with E-state index < -0.39 is 0 Å². The molecule has 0 amide bonds. The molecule has 3 aromatic carbocycles. The molecule has 0 fully saturated rings. The van der Waals surface area contributed by atoms with E-state index in [9.17, 15) is 0 Å². The summed E-state index contributed by atoms with van der Waals surface area (Å²) in [5.74, 6) is 2.18. The van der Waals surface area contributed by atoms with Gasteiger partial charge in [0, 0.05) is 0 Å². The molecule has 0 bridgehead atoms. The number of allylic oxidation sites excluding steroid dienone is 1. The Morgan fingerprint density at radius 1 is 0.800 bits per heavy atom. The number of hydrogen-bond donors (Lipinski definition) is 0. The van der Waals surface area contributed by atoms with Crippen molar-refractivity contribution in [1.82, 2.24) is 0 Å². The van der Waals surface area contributed by atoms with Crippen LogP contribution in [0.3, 0.4) is 0 Å². The molecule has 3 aromatic rings. The van der Waals surface area contributed by atoms with Crippen molar-refractivity contribution < 1.29 is 0 Å². The fraction of sp³-hybridized carbons (Fsp3) is 0. The zero-order valence-electron chi connectivity index (χ0n) is 10.9. The SMILES string of the molecule is B1=Bc2c(ccc3cc4c5c(ccc4cc23)=CC=C5)=C1. The monoisotopic (exact) mass is 248 g/mol. The molecule has 2 heteroatoms. The summed E-state index contributed by atoms with van der Waals surface area (Å²) in [6, 6.07) is 13.6. The van der Waals surface area contributed by atoms with Crippen molar-refractivity contribution >= 4 is 58.7 Å². The summed E-state index contributed by atoms with van der Waals surface area (Å²) in [6.45, 7) is 4.35. The average Bonchev–Trinajstić information content (AvgIpc) is 3.13. The van der Waals surface area contributed by atoms with Crippen LogP contribution in [0.15, 0.2) is 42.5 Å². The zero-order valence-corrected chi connectivity index (χ0v) is 10.9. The van der Waals surface area contributed by atoms with Crippen LogP contribution in [0.25, 0.3) is 39.7 Å². The standard InChI is InChI=1S/C18H10B2/c1-2-11-4-5-12-9-17-13(8-16(12)15(11)3-1)6-7-14-10-19-20-18(14)17/h1-10H. The molecule has 1 aliphatic heterocycles. The van der Waals surface area contributed by atoms with Gasteiger partial charge in [-0.05, 0) is 0 Å². The van der Waals surface area contributed by atoms with Crippen LogP contribution in [0.1, 0.15) is 5.56 Å². The van der Waals surface area contributed by atoms with Crippen LogP contribution in [-0.2, 0) is 0 Å². The van der Waals surface area contributed by atoms with Gasteiger partial charge in [-0.2, -0.15) is 0 Å². The van der Waals surface area contributed by atoms with Gasteiger partial charge in [-0.1, -0.05) is 0 Å². The molecule has 20 heavy (non-hydrogen) atoms. The zero-order chi connectivity index (χ0) is 13.1. The number of fused-ring (bicyclic) bond motifs is 6. The Hall–Kier alpha value is -2.21. The van der Waals surface area contributed by atoms with Gasteiger partial charge in [-0.3, -0.25) is 0 Å². The summed E-state index contributed by atoms with van der Waals surface area (Å²) in [6.07, 6.45) is 6.53. The molecule has 0 aromatic heterocycles. The predicted octanol–water partition coefficient (Wildman–Crippen LogP) is 1.50. The van der Waals surface area contributed by atoms with Crippen LogP contribution >= 0.6 is 0 Å². The van der Waals surface area contributed by atoms with Crippen molar-refractivity contribution in [2.45, 2.75) is 0 Å². The molecule has 0 spiro atoms. The Labute approximate surface area is 117 Å². The van der Waals surface area contributed by atoms with E-state index in [0.717, 1.165) is 0 Å². The van der Waals surface area contributed by atoms with Gasteiger partial charge in [0.25, 0.3) is 0 Å². The van der Waals surface area contributed by atoms with E-state index in [4.69, 9.17) is 0 Å². The Bertz CT molecular complexity index is 997. The summed E-state index contributed by atoms with van der Waals surface area (Å²) < 4.78 is 0. The first-order valence-electron chi connectivity index (χ1n) is 6.96. The fourth-order valence-electron chi connectivity index (χ4n) is 3.38. The first-order valence-corrected chi connectivity index (χ1v) is 6.96. The van der Waals surface area contributed by atoms with Gasteiger partial charge in [0.05, 0.1) is 0 Å². The maximum absolute atomic E-state index is 2.33. The normalized spacial score (nSPS) is 13.6. The topological polar surface area (TPSA) is 0 Å². The summed E-state index contributed by atoms with van der Waals surface area (Å²) in [5, 5.41) is 8.00. The fourth-order valence-corrected chi connectivity index (χ4v) is 3.38. The molecule has 0 atom stereocenters. The molecule has 88 valence electrons. The van der Waals surface area contributed by atoms with Crippen molar-refractivity contribution in [3.8, 4) is 0 Å². The predicted molar refractivity (Wildman–Crippen MR) is 89.8 cm³/mol. The molecule has 0 saturated carbocycles. The molecule has 2 aliphatic rings. The quantitative estimate of drug-likeness (QED) is 0.417. The maximum atomic E-state index is 2.33. The summed E-state index contributed by atoms with van der Waals surface area (Å²) in [7, 11) is 0. The van der Waals surface area contributed by atoms with Crippen LogP contribution in [-0.4, -0.2) is 13.6 Å². The van der Waals surface area contributed by atoms with Crippen LogP contribution in [0, 0.1) is 0 Å². The molecular weight excluding hydrogens is 238 g/mol. The molecule has 0 nitrogen and oxygen atoms in total. The minimum absolute atomic E-state index is 1.32. The van der Waals surface area contributed by atoms with Crippen LogP contribution < -0.4 is 15.9 Å². The van der Waals surface area contributed by atoms with E-state index in [2.05, 4.69) is 74.2 Å². The van der Waals surface area contributed by atoms with Gasteiger partial charge in [0.2, 0.25) is 0 Å². The van der Waals surface area contributed by atoms with Crippen molar-refractivity contribution in [3.05, 3.63) is 58.5 Å². The molecule has 1 aliphatic carbocycles. The summed E-state index contributed by atoms with van der Waals surface area (Å²) in [5.41, 5.74) is 2.71. The van der Waals surface area contributed by atoms with E-state index >= 15 is 0 Å². The summed E-state index contributed by atoms with van der Waals surface area (Å²) in [4.78, 5) is 0. The number of rotatable bonds is 0. The third kappa shape index (κ3) is 1.29. The second-order valence-corrected chi connectivity index (χ2v) is 5.48. The van der Waals surface area contributed by atoms with Crippen LogP contribution in [0.5, 0.6) is 0 Å². The molecular formula is C18H10B2. The molecule has 1 heterocycles. The van der Waals surface area contributed by atoms with Gasteiger partial charge in [-0.25, -0.2) is 0 Å². The molecule has 0 saturated heterocycles. The van der Waals surface area contributed by atoms with Crippen molar-refractivity contribution in [3.63, 3.8) is 0 Å². The van der Waals surface area contributed by atoms with Gasteiger partial charge in [0.1, 0.15) is 0 Å². The molecule has 0 N–H and O–H groups in total. The first kappa shape index (κ1) is 10.6. The van der Waals surface area contributed by atoms with E-state index in [1.54, 1.807) is 0 Å². The van der Waals surface area contributed by atoms with E-state index in [1.807, 2.05) is 0 Å². The van der Waals surface area contributed by atoms with Crippen molar-refractivity contribution in [1.29, 1.82) is 0 Å². The minimum atomic E-state index is 1.32. The molecule has 5 rings (SSSR count). The average molecular weight is 248 g/mol. The van der Waals surface area contributed by atoms with Crippen LogP contribution in [0.4, 0.5) is 0 Å². The Balaban J connectivity index is 2.02. The van der Waals surface area contributed by atoms with E-state index in [1.165, 1.54) is 43.0 Å². The first-order chi connectivity index (χ1) is 9.90. The molecule has 0 radical (unpaired) electrons. The van der Waals surface area contributed by atoms with Gasteiger partial charge < -0.3 is 0 Å².